The third-order valence-corrected chi connectivity index (χ3v) is 4.27. The molecule has 1 amide bonds. The molecular weight excluding hydrogens is 346 g/mol. The monoisotopic (exact) mass is 371 g/mol. The summed E-state index contributed by atoms with van der Waals surface area (Å²) in [6.45, 7) is 2.32. The van der Waals surface area contributed by atoms with Gasteiger partial charge < -0.3 is 24.8 Å². The number of rotatable bonds is 9. The number of carbonyl (C=O) groups is 1. The van der Waals surface area contributed by atoms with E-state index in [4.69, 9.17) is 14.2 Å². The average molecular weight is 371 g/mol. The van der Waals surface area contributed by atoms with Crippen molar-refractivity contribution >= 4 is 11.6 Å². The summed E-state index contributed by atoms with van der Waals surface area (Å²) in [5.41, 5.74) is 1.23. The number of carbonyl (C=O) groups excluding carboxylic acids is 1. The van der Waals surface area contributed by atoms with E-state index in [0.29, 0.717) is 18.8 Å². The van der Waals surface area contributed by atoms with Crippen LogP contribution in [0.5, 0.6) is 11.5 Å². The fraction of sp³-hybridized carbons (Fsp3) is 0.400. The van der Waals surface area contributed by atoms with Gasteiger partial charge in [0.25, 0.3) is 5.91 Å². The van der Waals surface area contributed by atoms with Gasteiger partial charge in [-0.15, -0.1) is 0 Å². The van der Waals surface area contributed by atoms with E-state index in [1.165, 1.54) is 0 Å². The molecule has 1 aromatic carbocycles. The Labute approximate surface area is 159 Å². The molecule has 0 aliphatic carbocycles. The minimum Gasteiger partial charge on any atom is -0.497 e. The quantitative estimate of drug-likeness (QED) is 0.659. The Balaban J connectivity index is 1.41. The number of hydrogen-bond donors (Lipinski definition) is 2. The van der Waals surface area contributed by atoms with Crippen LogP contribution in [0.3, 0.4) is 0 Å². The Morgan fingerprint density at radius 2 is 2.07 bits per heavy atom. The maximum Gasteiger partial charge on any atom is 0.270 e. The number of nitrogens with zero attached hydrogens (tertiary/aromatic N) is 1. The van der Waals surface area contributed by atoms with Crippen LogP contribution in [0.2, 0.25) is 0 Å². The molecule has 0 radical (unpaired) electrons. The van der Waals surface area contributed by atoms with E-state index in [1.807, 2.05) is 30.3 Å². The molecule has 2 N–H and O–H groups in total. The van der Waals surface area contributed by atoms with Gasteiger partial charge in [-0.3, -0.25) is 9.78 Å². The number of benzene rings is 1. The van der Waals surface area contributed by atoms with E-state index in [2.05, 4.69) is 15.6 Å². The van der Waals surface area contributed by atoms with Crippen molar-refractivity contribution in [2.24, 2.45) is 0 Å². The Morgan fingerprint density at radius 3 is 2.81 bits per heavy atom. The van der Waals surface area contributed by atoms with Crippen LogP contribution in [0, 0.1) is 0 Å². The maximum absolute atomic E-state index is 12.3. The highest BCUT2D eigenvalue weighted by Crippen LogP contribution is 2.17. The number of anilines is 1. The van der Waals surface area contributed by atoms with Crippen molar-refractivity contribution in [3.05, 3.63) is 48.3 Å². The van der Waals surface area contributed by atoms with Gasteiger partial charge in [0.1, 0.15) is 23.8 Å². The Morgan fingerprint density at radius 1 is 1.26 bits per heavy atom. The van der Waals surface area contributed by atoms with Gasteiger partial charge in [-0.05, 0) is 49.2 Å². The van der Waals surface area contributed by atoms with E-state index in [-0.39, 0.29) is 12.0 Å². The molecule has 1 aliphatic heterocycles. The van der Waals surface area contributed by atoms with Crippen LogP contribution in [0.15, 0.2) is 42.6 Å². The third-order valence-electron chi connectivity index (χ3n) is 4.27. The summed E-state index contributed by atoms with van der Waals surface area (Å²) in [5, 5.41) is 6.11. The highest BCUT2D eigenvalue weighted by molar-refractivity contribution is 5.93. The molecular formula is C20H25N3O4. The lowest BCUT2D eigenvalue weighted by molar-refractivity contribution is 0.0942. The van der Waals surface area contributed by atoms with Crippen LogP contribution < -0.4 is 20.1 Å². The summed E-state index contributed by atoms with van der Waals surface area (Å²) in [4.78, 5) is 16.4. The largest absolute Gasteiger partial charge is 0.497 e. The first-order valence-electron chi connectivity index (χ1n) is 9.11. The molecule has 144 valence electrons. The fourth-order valence-corrected chi connectivity index (χ4v) is 2.80. The predicted molar refractivity (Wildman–Crippen MR) is 103 cm³/mol. The molecule has 1 saturated heterocycles. The van der Waals surface area contributed by atoms with Crippen LogP contribution in [-0.4, -0.2) is 50.4 Å². The molecule has 1 fully saturated rings. The van der Waals surface area contributed by atoms with Crippen LogP contribution in [0.1, 0.15) is 23.3 Å². The van der Waals surface area contributed by atoms with E-state index in [0.717, 1.165) is 43.2 Å². The molecule has 2 aromatic rings. The number of hydrogen-bond acceptors (Lipinski definition) is 6. The molecule has 7 heteroatoms. The molecule has 1 aliphatic rings. The van der Waals surface area contributed by atoms with Crippen molar-refractivity contribution in [2.45, 2.75) is 18.9 Å². The minimum atomic E-state index is -0.228. The zero-order valence-electron chi connectivity index (χ0n) is 15.4. The number of nitrogens with one attached hydrogen (secondary N) is 2. The summed E-state index contributed by atoms with van der Waals surface area (Å²) < 4.78 is 16.3. The Hall–Kier alpha value is -2.80. The second-order valence-corrected chi connectivity index (χ2v) is 6.23. The van der Waals surface area contributed by atoms with Crippen molar-refractivity contribution in [1.82, 2.24) is 10.3 Å². The number of aromatic nitrogens is 1. The second kappa shape index (κ2) is 9.78. The highest BCUT2D eigenvalue weighted by atomic mass is 16.5. The summed E-state index contributed by atoms with van der Waals surface area (Å²) in [7, 11) is 1.62. The summed E-state index contributed by atoms with van der Waals surface area (Å²) in [5.74, 6) is 1.27. The zero-order chi connectivity index (χ0) is 18.9. The molecule has 0 saturated carbocycles. The van der Waals surface area contributed by atoms with Crippen LogP contribution in [0.25, 0.3) is 0 Å². The Bertz CT molecular complexity index is 730. The molecule has 27 heavy (non-hydrogen) atoms. The smallest absolute Gasteiger partial charge is 0.270 e. The van der Waals surface area contributed by atoms with Crippen molar-refractivity contribution in [3.63, 3.8) is 0 Å². The first-order valence-corrected chi connectivity index (χ1v) is 9.11. The van der Waals surface area contributed by atoms with E-state index < -0.39 is 0 Å². The normalized spacial score (nSPS) is 16.0. The summed E-state index contributed by atoms with van der Waals surface area (Å²) >= 11 is 0. The van der Waals surface area contributed by atoms with Gasteiger partial charge in [0.15, 0.2) is 0 Å². The van der Waals surface area contributed by atoms with Gasteiger partial charge in [0.05, 0.1) is 19.8 Å². The molecule has 1 unspecified atom stereocenters. The number of pyridine rings is 1. The van der Waals surface area contributed by atoms with Gasteiger partial charge in [-0.1, -0.05) is 0 Å². The van der Waals surface area contributed by atoms with Gasteiger partial charge in [0.2, 0.25) is 0 Å². The molecule has 0 bridgehead atoms. The molecule has 2 heterocycles. The molecule has 1 aromatic heterocycles. The lowest BCUT2D eigenvalue weighted by Crippen LogP contribution is -2.29. The van der Waals surface area contributed by atoms with Gasteiger partial charge in [-0.2, -0.15) is 0 Å². The summed E-state index contributed by atoms with van der Waals surface area (Å²) in [6.07, 6.45) is 4.04. The predicted octanol–water partition coefficient (Wildman–Crippen LogP) is 2.49. The molecule has 3 rings (SSSR count). The summed E-state index contributed by atoms with van der Waals surface area (Å²) in [6, 6.07) is 10.9. The number of amides is 1. The minimum absolute atomic E-state index is 0.228. The topological polar surface area (TPSA) is 81.7 Å². The van der Waals surface area contributed by atoms with Crippen molar-refractivity contribution in [2.75, 3.05) is 38.7 Å². The van der Waals surface area contributed by atoms with Gasteiger partial charge >= 0.3 is 0 Å². The lowest BCUT2D eigenvalue weighted by atomic mass is 10.2. The van der Waals surface area contributed by atoms with Crippen molar-refractivity contribution in [3.8, 4) is 11.5 Å². The first kappa shape index (κ1) is 19.0. The van der Waals surface area contributed by atoms with Crippen molar-refractivity contribution in [1.29, 1.82) is 0 Å². The zero-order valence-corrected chi connectivity index (χ0v) is 15.4. The van der Waals surface area contributed by atoms with Gasteiger partial charge in [0, 0.05) is 25.0 Å². The highest BCUT2D eigenvalue weighted by Gasteiger charge is 2.15. The standard InChI is InChI=1S/C20H25N3O4/c1-25-16-4-6-17(7-5-16)27-12-10-22-20(24)19-13-15(8-9-21-19)23-14-18-3-2-11-26-18/h4-9,13,18H,2-3,10-12,14H2,1H3,(H,21,23)(H,22,24). The van der Waals surface area contributed by atoms with Crippen molar-refractivity contribution < 1.29 is 19.0 Å². The SMILES string of the molecule is COc1ccc(OCCNC(=O)c2cc(NCC3CCCO3)ccn2)cc1. The first-order chi connectivity index (χ1) is 13.2. The molecule has 0 spiro atoms. The lowest BCUT2D eigenvalue weighted by Gasteiger charge is -2.12. The molecule has 1 atom stereocenters. The Kier molecular flexibility index (Phi) is 6.87. The van der Waals surface area contributed by atoms with Crippen LogP contribution >= 0.6 is 0 Å². The fourth-order valence-electron chi connectivity index (χ4n) is 2.80. The maximum atomic E-state index is 12.3. The second-order valence-electron chi connectivity index (χ2n) is 6.23. The van der Waals surface area contributed by atoms with E-state index >= 15 is 0 Å². The van der Waals surface area contributed by atoms with E-state index in [9.17, 15) is 4.79 Å². The van der Waals surface area contributed by atoms with Crippen LogP contribution in [-0.2, 0) is 4.74 Å². The van der Waals surface area contributed by atoms with Gasteiger partial charge in [-0.25, -0.2) is 0 Å². The molecule has 7 nitrogen and oxygen atoms in total. The average Bonchev–Trinajstić information content (AvgIpc) is 3.24. The number of ether oxygens (including phenoxy) is 3. The van der Waals surface area contributed by atoms with E-state index in [1.54, 1.807) is 19.4 Å². The third kappa shape index (κ3) is 5.86. The van der Waals surface area contributed by atoms with Crippen LogP contribution in [0.4, 0.5) is 5.69 Å². The number of methoxy groups -OCH3 is 1.